The minimum absolute atomic E-state index is 0.187. The van der Waals surface area contributed by atoms with Crippen LogP contribution in [0.25, 0.3) is 21.5 Å². The number of hydrogen-bond donors (Lipinski definition) is 2. The van der Waals surface area contributed by atoms with Crippen LogP contribution in [-0.4, -0.2) is 11.5 Å². The van der Waals surface area contributed by atoms with Crippen molar-refractivity contribution in [2.45, 2.75) is 26.2 Å². The number of rotatable bonds is 5. The number of aromatic nitrogens is 1. The zero-order valence-electron chi connectivity index (χ0n) is 12.1. The summed E-state index contributed by atoms with van der Waals surface area (Å²) in [5.74, 6) is -0.187. The van der Waals surface area contributed by atoms with E-state index in [9.17, 15) is 4.39 Å². The first-order valence-electron chi connectivity index (χ1n) is 7.26. The number of unbranched alkanes of at least 4 members (excludes halogenated alkanes) is 1. The maximum Gasteiger partial charge on any atom is 0.147 e. The number of nitrogens with one attached hydrogen (secondary N) is 1. The molecule has 2 heterocycles. The molecule has 4 heteroatoms. The molecule has 0 aliphatic rings. The van der Waals surface area contributed by atoms with E-state index in [-0.39, 0.29) is 5.82 Å². The highest BCUT2D eigenvalue weighted by atomic mass is 32.1. The molecule has 0 spiro atoms. The number of aromatic amines is 1. The van der Waals surface area contributed by atoms with E-state index in [1.807, 2.05) is 6.07 Å². The highest BCUT2D eigenvalue weighted by molar-refractivity contribution is 7.13. The summed E-state index contributed by atoms with van der Waals surface area (Å²) in [5.41, 5.74) is 9.72. The SMILES string of the molecule is Cc1ccsc1-c1[nH]c2c(F)cccc2c1CCCCN. The van der Waals surface area contributed by atoms with Crippen molar-refractivity contribution in [2.24, 2.45) is 5.73 Å². The fraction of sp³-hybridized carbons (Fsp3) is 0.294. The number of benzene rings is 1. The first-order chi connectivity index (χ1) is 10.2. The standard InChI is InChI=1S/C17H19FN2S/c1-11-8-10-21-17(11)16-13(5-2-3-9-19)12-6-4-7-14(18)15(12)20-16/h4,6-8,10,20H,2-3,5,9,19H2,1H3. The lowest BCUT2D eigenvalue weighted by molar-refractivity contribution is 0.637. The molecule has 0 bridgehead atoms. The predicted octanol–water partition coefficient (Wildman–Crippen LogP) is 4.63. The summed E-state index contributed by atoms with van der Waals surface area (Å²) in [4.78, 5) is 4.51. The van der Waals surface area contributed by atoms with Gasteiger partial charge in [0.05, 0.1) is 16.1 Å². The lowest BCUT2D eigenvalue weighted by Crippen LogP contribution is -1.99. The van der Waals surface area contributed by atoms with E-state index in [1.165, 1.54) is 22.1 Å². The maximum atomic E-state index is 14.1. The lowest BCUT2D eigenvalue weighted by atomic mass is 10.0. The number of para-hydroxylation sites is 1. The van der Waals surface area contributed by atoms with Crippen LogP contribution in [-0.2, 0) is 6.42 Å². The molecule has 1 aromatic carbocycles. The predicted molar refractivity (Wildman–Crippen MR) is 88.3 cm³/mol. The second-order valence-corrected chi connectivity index (χ2v) is 6.24. The van der Waals surface area contributed by atoms with Gasteiger partial charge in [-0.2, -0.15) is 0 Å². The van der Waals surface area contributed by atoms with Gasteiger partial charge in [-0.3, -0.25) is 0 Å². The highest BCUT2D eigenvalue weighted by Crippen LogP contribution is 2.36. The summed E-state index contributed by atoms with van der Waals surface area (Å²) in [6.45, 7) is 2.79. The van der Waals surface area contributed by atoms with Crippen molar-refractivity contribution >= 4 is 22.2 Å². The van der Waals surface area contributed by atoms with E-state index < -0.39 is 0 Å². The van der Waals surface area contributed by atoms with Gasteiger partial charge in [0.15, 0.2) is 0 Å². The monoisotopic (exact) mass is 302 g/mol. The second-order valence-electron chi connectivity index (χ2n) is 5.32. The molecule has 0 aliphatic heterocycles. The first kappa shape index (κ1) is 14.3. The number of nitrogens with two attached hydrogens (primary N) is 1. The third-order valence-corrected chi connectivity index (χ3v) is 4.89. The zero-order chi connectivity index (χ0) is 14.8. The second kappa shape index (κ2) is 6.00. The summed E-state index contributed by atoms with van der Waals surface area (Å²) < 4.78 is 14.1. The van der Waals surface area contributed by atoms with Crippen molar-refractivity contribution in [3.05, 3.63) is 46.6 Å². The molecule has 0 aliphatic carbocycles. The third kappa shape index (κ3) is 2.61. The average Bonchev–Trinajstić information content (AvgIpc) is 3.04. The molecular weight excluding hydrogens is 283 g/mol. The molecule has 0 fully saturated rings. The molecule has 0 saturated carbocycles. The topological polar surface area (TPSA) is 41.8 Å². The van der Waals surface area contributed by atoms with Crippen LogP contribution in [0.5, 0.6) is 0 Å². The number of aryl methyl sites for hydroxylation is 2. The van der Waals surface area contributed by atoms with Crippen LogP contribution in [0.3, 0.4) is 0 Å². The number of halogens is 1. The van der Waals surface area contributed by atoms with Gasteiger partial charge in [-0.05, 0) is 61.4 Å². The Bertz CT molecular complexity index is 757. The number of thiophene rings is 1. The van der Waals surface area contributed by atoms with E-state index in [2.05, 4.69) is 23.4 Å². The zero-order valence-corrected chi connectivity index (χ0v) is 12.9. The van der Waals surface area contributed by atoms with Crippen LogP contribution in [0.4, 0.5) is 4.39 Å². The Morgan fingerprint density at radius 2 is 2.10 bits per heavy atom. The largest absolute Gasteiger partial charge is 0.351 e. The lowest BCUT2D eigenvalue weighted by Gasteiger charge is -2.04. The minimum atomic E-state index is -0.187. The van der Waals surface area contributed by atoms with Gasteiger partial charge in [0.25, 0.3) is 0 Å². The van der Waals surface area contributed by atoms with Gasteiger partial charge in [0.2, 0.25) is 0 Å². The molecule has 3 N–H and O–H groups in total. The van der Waals surface area contributed by atoms with E-state index in [1.54, 1.807) is 17.4 Å². The van der Waals surface area contributed by atoms with E-state index >= 15 is 0 Å². The van der Waals surface area contributed by atoms with Crippen LogP contribution in [0.15, 0.2) is 29.6 Å². The Labute approximate surface area is 127 Å². The number of fused-ring (bicyclic) bond motifs is 1. The molecule has 0 saturated heterocycles. The van der Waals surface area contributed by atoms with Crippen LogP contribution in [0.2, 0.25) is 0 Å². The van der Waals surface area contributed by atoms with Crippen LogP contribution >= 0.6 is 11.3 Å². The maximum absolute atomic E-state index is 14.1. The third-order valence-electron chi connectivity index (χ3n) is 3.86. The summed E-state index contributed by atoms with van der Waals surface area (Å²) >= 11 is 1.70. The highest BCUT2D eigenvalue weighted by Gasteiger charge is 2.17. The fourth-order valence-corrected chi connectivity index (χ4v) is 3.72. The smallest absolute Gasteiger partial charge is 0.147 e. The molecule has 2 nitrogen and oxygen atoms in total. The van der Waals surface area contributed by atoms with Crippen molar-refractivity contribution in [3.63, 3.8) is 0 Å². The van der Waals surface area contributed by atoms with Crippen LogP contribution in [0.1, 0.15) is 24.0 Å². The average molecular weight is 302 g/mol. The quantitative estimate of drug-likeness (QED) is 0.663. The Morgan fingerprint density at radius 3 is 2.81 bits per heavy atom. The Hall–Kier alpha value is -1.65. The van der Waals surface area contributed by atoms with E-state index in [4.69, 9.17) is 5.73 Å². The van der Waals surface area contributed by atoms with E-state index in [0.717, 1.165) is 30.3 Å². The summed E-state index contributed by atoms with van der Waals surface area (Å²) in [5, 5.41) is 3.07. The van der Waals surface area contributed by atoms with E-state index in [0.29, 0.717) is 12.1 Å². The number of hydrogen-bond acceptors (Lipinski definition) is 2. The Morgan fingerprint density at radius 1 is 1.24 bits per heavy atom. The normalized spacial score (nSPS) is 11.4. The summed E-state index contributed by atoms with van der Waals surface area (Å²) in [6, 6.07) is 7.39. The van der Waals surface area contributed by atoms with Crippen molar-refractivity contribution < 1.29 is 4.39 Å². The van der Waals surface area contributed by atoms with Gasteiger partial charge >= 0.3 is 0 Å². The van der Waals surface area contributed by atoms with Gasteiger partial charge in [-0.25, -0.2) is 4.39 Å². The molecule has 2 aromatic heterocycles. The molecule has 21 heavy (non-hydrogen) atoms. The van der Waals surface area contributed by atoms with Crippen molar-refractivity contribution in [2.75, 3.05) is 6.54 Å². The fourth-order valence-electron chi connectivity index (χ4n) is 2.77. The molecule has 110 valence electrons. The molecule has 3 aromatic rings. The summed E-state index contributed by atoms with van der Waals surface area (Å²) in [6.07, 6.45) is 2.94. The molecular formula is C17H19FN2S. The molecule has 0 amide bonds. The molecule has 3 rings (SSSR count). The van der Waals surface area contributed by atoms with Gasteiger partial charge in [-0.15, -0.1) is 11.3 Å². The first-order valence-corrected chi connectivity index (χ1v) is 8.14. The van der Waals surface area contributed by atoms with Gasteiger partial charge in [-0.1, -0.05) is 12.1 Å². The number of H-pyrrole nitrogens is 1. The van der Waals surface area contributed by atoms with Crippen molar-refractivity contribution in [1.82, 2.24) is 4.98 Å². The van der Waals surface area contributed by atoms with Crippen LogP contribution < -0.4 is 5.73 Å². The van der Waals surface area contributed by atoms with Gasteiger partial charge < -0.3 is 10.7 Å². The Balaban J connectivity index is 2.15. The van der Waals surface area contributed by atoms with Crippen molar-refractivity contribution in [1.29, 1.82) is 0 Å². The van der Waals surface area contributed by atoms with Crippen LogP contribution in [0, 0.1) is 12.7 Å². The molecule has 0 unspecified atom stereocenters. The molecule has 0 atom stereocenters. The molecule has 0 radical (unpaired) electrons. The minimum Gasteiger partial charge on any atom is -0.351 e. The van der Waals surface area contributed by atoms with Gasteiger partial charge in [0, 0.05) is 5.39 Å². The van der Waals surface area contributed by atoms with Gasteiger partial charge in [0.1, 0.15) is 5.82 Å². The summed E-state index contributed by atoms with van der Waals surface area (Å²) in [7, 11) is 0. The van der Waals surface area contributed by atoms with Crippen molar-refractivity contribution in [3.8, 4) is 10.6 Å². The Kier molecular flexibility index (Phi) is 4.08.